The largest absolute Gasteiger partial charge is 0.445 e. The number of nitrogens with one attached hydrogen (secondary N) is 1. The van der Waals surface area contributed by atoms with Gasteiger partial charge in [0.25, 0.3) is 0 Å². The number of aryl methyl sites for hydroxylation is 1. The Kier molecular flexibility index (Phi) is 8.45. The Morgan fingerprint density at radius 3 is 2.51 bits per heavy atom. The fraction of sp³-hybridized carbons (Fsp3) is 0.385. The minimum atomic E-state index is -0.471. The summed E-state index contributed by atoms with van der Waals surface area (Å²) in [5.74, 6) is 1.26. The molecule has 9 nitrogen and oxygen atoms in total. The third-order valence-corrected chi connectivity index (χ3v) is 5.91. The van der Waals surface area contributed by atoms with E-state index in [9.17, 15) is 9.59 Å². The van der Waals surface area contributed by atoms with Crippen LogP contribution in [0.1, 0.15) is 29.9 Å². The third kappa shape index (κ3) is 7.38. The minimum Gasteiger partial charge on any atom is -0.445 e. The zero-order valence-electron chi connectivity index (χ0n) is 20.0. The van der Waals surface area contributed by atoms with Crippen molar-refractivity contribution in [3.63, 3.8) is 0 Å². The lowest BCUT2D eigenvalue weighted by molar-refractivity contribution is -0.133. The Morgan fingerprint density at radius 2 is 1.77 bits per heavy atom. The number of carbonyl (C=O) groups is 2. The average molecular weight is 478 g/mol. The lowest BCUT2D eigenvalue weighted by atomic mass is 10.1. The lowest BCUT2D eigenvalue weighted by Crippen LogP contribution is -2.48. The van der Waals surface area contributed by atoms with Crippen molar-refractivity contribution < 1.29 is 18.8 Å². The molecule has 4 rings (SSSR count). The summed E-state index contributed by atoms with van der Waals surface area (Å²) in [5, 5.41) is 6.79. The first-order valence-corrected chi connectivity index (χ1v) is 11.9. The Hall–Kier alpha value is -3.72. The number of nitrogens with zero attached hydrogens (tertiary/aromatic N) is 4. The van der Waals surface area contributed by atoms with Crippen molar-refractivity contribution >= 4 is 12.0 Å². The quantitative estimate of drug-likeness (QED) is 0.472. The third-order valence-electron chi connectivity index (χ3n) is 5.91. The molecule has 2 amide bonds. The highest BCUT2D eigenvalue weighted by Gasteiger charge is 2.22. The van der Waals surface area contributed by atoms with Crippen LogP contribution in [-0.4, -0.2) is 64.7 Å². The number of aromatic nitrogens is 2. The zero-order chi connectivity index (χ0) is 24.5. The molecule has 2 heterocycles. The van der Waals surface area contributed by atoms with Crippen LogP contribution in [-0.2, 0) is 22.7 Å². The molecule has 0 spiro atoms. The molecule has 1 N–H and O–H groups in total. The van der Waals surface area contributed by atoms with Crippen molar-refractivity contribution in [3.05, 3.63) is 71.6 Å². The summed E-state index contributed by atoms with van der Waals surface area (Å²) in [6.45, 7) is 6.05. The van der Waals surface area contributed by atoms with Crippen molar-refractivity contribution in [2.75, 3.05) is 32.7 Å². The molecule has 2 aromatic carbocycles. The molecular weight excluding hydrogens is 446 g/mol. The van der Waals surface area contributed by atoms with Gasteiger partial charge < -0.3 is 19.5 Å². The van der Waals surface area contributed by atoms with Crippen LogP contribution in [0.25, 0.3) is 11.4 Å². The van der Waals surface area contributed by atoms with Gasteiger partial charge in [-0.2, -0.15) is 4.98 Å². The first kappa shape index (κ1) is 24.4. The molecular formula is C26H31N5O4. The molecule has 1 aromatic heterocycles. The first-order valence-electron chi connectivity index (χ1n) is 11.9. The number of piperazine rings is 1. The standard InChI is InChI=1S/C26H31N5O4/c1-20-9-11-22(12-10-20)25-28-23(35-29-25)18-30-14-16-31(17-15-30)24(32)8-5-13-27-26(33)34-19-21-6-3-2-4-7-21/h2-4,6-7,9-12H,5,8,13-19H2,1H3,(H,27,33). The second-order valence-corrected chi connectivity index (χ2v) is 8.63. The van der Waals surface area contributed by atoms with Gasteiger partial charge in [0.1, 0.15) is 6.61 Å². The highest BCUT2D eigenvalue weighted by molar-refractivity contribution is 5.76. The van der Waals surface area contributed by atoms with Gasteiger partial charge in [-0.15, -0.1) is 0 Å². The molecule has 0 aliphatic carbocycles. The molecule has 1 fully saturated rings. The van der Waals surface area contributed by atoms with E-state index in [4.69, 9.17) is 9.26 Å². The van der Waals surface area contributed by atoms with Crippen molar-refractivity contribution in [1.29, 1.82) is 0 Å². The maximum atomic E-state index is 12.5. The number of rotatable bonds is 9. The van der Waals surface area contributed by atoms with Crippen molar-refractivity contribution in [2.45, 2.75) is 32.9 Å². The van der Waals surface area contributed by atoms with Gasteiger partial charge in [-0.05, 0) is 18.9 Å². The van der Waals surface area contributed by atoms with Gasteiger partial charge in [-0.1, -0.05) is 65.3 Å². The van der Waals surface area contributed by atoms with Gasteiger partial charge in [0, 0.05) is 44.7 Å². The normalized spacial score (nSPS) is 14.0. The highest BCUT2D eigenvalue weighted by atomic mass is 16.5. The number of carbonyl (C=O) groups excluding carboxylic acids is 2. The fourth-order valence-corrected chi connectivity index (χ4v) is 3.85. The number of hydrogen-bond acceptors (Lipinski definition) is 7. The predicted molar refractivity (Wildman–Crippen MR) is 130 cm³/mol. The smallest absolute Gasteiger partial charge is 0.407 e. The molecule has 1 aliphatic rings. The summed E-state index contributed by atoms with van der Waals surface area (Å²) in [4.78, 5) is 32.9. The van der Waals surface area contributed by atoms with Gasteiger partial charge in [0.05, 0.1) is 6.54 Å². The average Bonchev–Trinajstić information content (AvgIpc) is 3.35. The molecule has 0 bridgehead atoms. The summed E-state index contributed by atoms with van der Waals surface area (Å²) in [7, 11) is 0. The summed E-state index contributed by atoms with van der Waals surface area (Å²) in [6.07, 6.45) is 0.493. The maximum absolute atomic E-state index is 12.5. The van der Waals surface area contributed by atoms with Gasteiger partial charge in [0.15, 0.2) is 0 Å². The molecule has 0 atom stereocenters. The molecule has 0 saturated carbocycles. The first-order chi connectivity index (χ1) is 17.1. The number of amides is 2. The van der Waals surface area contributed by atoms with Crippen LogP contribution in [0.15, 0.2) is 59.1 Å². The number of ether oxygens (including phenoxy) is 1. The van der Waals surface area contributed by atoms with Crippen LogP contribution >= 0.6 is 0 Å². The molecule has 9 heteroatoms. The summed E-state index contributed by atoms with van der Waals surface area (Å²) < 4.78 is 10.6. The minimum absolute atomic E-state index is 0.101. The Bertz CT molecular complexity index is 1090. The number of hydrogen-bond donors (Lipinski definition) is 1. The molecule has 1 saturated heterocycles. The van der Waals surface area contributed by atoms with E-state index in [1.54, 1.807) is 0 Å². The van der Waals surface area contributed by atoms with Gasteiger partial charge in [-0.3, -0.25) is 9.69 Å². The van der Waals surface area contributed by atoms with E-state index in [2.05, 4.69) is 20.4 Å². The van der Waals surface area contributed by atoms with Crippen LogP contribution in [0, 0.1) is 6.92 Å². The summed E-state index contributed by atoms with van der Waals surface area (Å²) >= 11 is 0. The summed E-state index contributed by atoms with van der Waals surface area (Å²) in [5.41, 5.74) is 3.05. The van der Waals surface area contributed by atoms with E-state index < -0.39 is 6.09 Å². The van der Waals surface area contributed by atoms with Gasteiger partial charge in [-0.25, -0.2) is 4.79 Å². The van der Waals surface area contributed by atoms with E-state index in [1.165, 1.54) is 5.56 Å². The molecule has 35 heavy (non-hydrogen) atoms. The van der Waals surface area contributed by atoms with Crippen LogP contribution in [0.5, 0.6) is 0 Å². The zero-order valence-corrected chi connectivity index (χ0v) is 20.0. The van der Waals surface area contributed by atoms with Gasteiger partial charge >= 0.3 is 6.09 Å². The molecule has 0 radical (unpaired) electrons. The summed E-state index contributed by atoms with van der Waals surface area (Å²) in [6, 6.07) is 17.5. The Labute approximate surface area is 205 Å². The molecule has 3 aromatic rings. The van der Waals surface area contributed by atoms with Crippen LogP contribution in [0.4, 0.5) is 4.79 Å². The van der Waals surface area contributed by atoms with Crippen molar-refractivity contribution in [2.24, 2.45) is 0 Å². The Morgan fingerprint density at radius 1 is 1.03 bits per heavy atom. The molecule has 0 unspecified atom stereocenters. The van der Waals surface area contributed by atoms with Crippen molar-refractivity contribution in [3.8, 4) is 11.4 Å². The topological polar surface area (TPSA) is 101 Å². The van der Waals surface area contributed by atoms with E-state index >= 15 is 0 Å². The van der Waals surface area contributed by atoms with Crippen LogP contribution in [0.3, 0.4) is 0 Å². The van der Waals surface area contributed by atoms with Crippen LogP contribution < -0.4 is 5.32 Å². The van der Waals surface area contributed by atoms with Crippen LogP contribution in [0.2, 0.25) is 0 Å². The maximum Gasteiger partial charge on any atom is 0.407 e. The van der Waals surface area contributed by atoms with Crippen molar-refractivity contribution in [1.82, 2.24) is 25.3 Å². The number of alkyl carbamates (subject to hydrolysis) is 1. The highest BCUT2D eigenvalue weighted by Crippen LogP contribution is 2.17. The molecule has 184 valence electrons. The molecule has 1 aliphatic heterocycles. The Balaban J connectivity index is 1.11. The van der Waals surface area contributed by atoms with Gasteiger partial charge in [0.2, 0.25) is 17.6 Å². The fourth-order valence-electron chi connectivity index (χ4n) is 3.85. The monoisotopic (exact) mass is 477 g/mol. The van der Waals surface area contributed by atoms with E-state index in [1.807, 2.05) is 66.4 Å². The van der Waals surface area contributed by atoms with E-state index in [0.717, 1.165) is 24.2 Å². The van der Waals surface area contributed by atoms with E-state index in [0.29, 0.717) is 50.7 Å². The number of benzene rings is 2. The SMILES string of the molecule is Cc1ccc(-c2noc(CN3CCN(C(=O)CCCNC(=O)OCc4ccccc4)CC3)n2)cc1. The lowest BCUT2D eigenvalue weighted by Gasteiger charge is -2.34. The van der Waals surface area contributed by atoms with E-state index in [-0.39, 0.29) is 12.5 Å². The second kappa shape index (κ2) is 12.1. The predicted octanol–water partition coefficient (Wildman–Crippen LogP) is 3.40. The second-order valence-electron chi connectivity index (χ2n) is 8.63.